The molecule has 0 saturated carbocycles. The Morgan fingerprint density at radius 3 is 2.78 bits per heavy atom. The van der Waals surface area contributed by atoms with Gasteiger partial charge in [-0.05, 0) is 36.6 Å². The Morgan fingerprint density at radius 1 is 1.09 bits per heavy atom. The van der Waals surface area contributed by atoms with Crippen molar-refractivity contribution in [2.75, 3.05) is 19.8 Å². The van der Waals surface area contributed by atoms with Crippen LogP contribution in [-0.2, 0) is 0 Å². The number of rotatable bonds is 2. The number of likely N-dealkylation sites (tertiary alicyclic amines) is 1. The summed E-state index contributed by atoms with van der Waals surface area (Å²) in [6, 6.07) is 7.81. The first-order valence-corrected chi connectivity index (χ1v) is 8.05. The molecule has 1 atom stereocenters. The molecule has 3 heterocycles. The number of ether oxygens (including phenoxy) is 2. The van der Waals surface area contributed by atoms with Gasteiger partial charge in [-0.15, -0.1) is 0 Å². The third-order valence-corrected chi connectivity index (χ3v) is 4.44. The van der Waals surface area contributed by atoms with E-state index < -0.39 is 0 Å². The molecule has 1 unspecified atom stereocenters. The lowest BCUT2D eigenvalue weighted by atomic mass is 10.0. The molecule has 120 valence electrons. The Hall–Kier alpha value is -2.43. The third-order valence-electron chi connectivity index (χ3n) is 4.44. The first-order chi connectivity index (χ1) is 11.3. The second-order valence-electron chi connectivity index (χ2n) is 5.93. The van der Waals surface area contributed by atoms with Crippen LogP contribution >= 0.6 is 0 Å². The zero-order valence-corrected chi connectivity index (χ0v) is 12.9. The number of hydrogen-bond acceptors (Lipinski definition) is 4. The minimum Gasteiger partial charge on any atom is -0.490 e. The summed E-state index contributed by atoms with van der Waals surface area (Å²) in [5, 5.41) is 0. The number of hydrogen-bond donors (Lipinski definition) is 0. The van der Waals surface area contributed by atoms with Crippen molar-refractivity contribution >= 4 is 5.91 Å². The van der Waals surface area contributed by atoms with Gasteiger partial charge >= 0.3 is 0 Å². The smallest absolute Gasteiger partial charge is 0.257 e. The predicted molar refractivity (Wildman–Crippen MR) is 83.8 cm³/mol. The summed E-state index contributed by atoms with van der Waals surface area (Å²) in [5.74, 6) is 1.59. The summed E-state index contributed by atoms with van der Waals surface area (Å²) >= 11 is 0. The van der Waals surface area contributed by atoms with Gasteiger partial charge in [-0.2, -0.15) is 0 Å². The molecule has 2 aliphatic heterocycles. The molecular formula is C18H19NO4. The standard InChI is InChI=1S/C18H19NO4/c20-18(14-6-10-21-12-14)19-7-1-3-15(19)13-4-5-16-17(11-13)23-9-2-8-22-16/h4-6,10-12,15H,1-3,7-9H2. The van der Waals surface area contributed by atoms with Crippen LogP contribution in [-0.4, -0.2) is 30.6 Å². The highest BCUT2D eigenvalue weighted by Crippen LogP contribution is 2.38. The van der Waals surface area contributed by atoms with Crippen molar-refractivity contribution in [3.63, 3.8) is 0 Å². The molecule has 23 heavy (non-hydrogen) atoms. The molecule has 0 aliphatic carbocycles. The van der Waals surface area contributed by atoms with Crippen molar-refractivity contribution in [2.24, 2.45) is 0 Å². The van der Waals surface area contributed by atoms with Gasteiger partial charge < -0.3 is 18.8 Å². The first kappa shape index (κ1) is 14.2. The van der Waals surface area contributed by atoms with Gasteiger partial charge in [0.05, 0.1) is 31.1 Å². The third kappa shape index (κ3) is 2.67. The molecule has 0 N–H and O–H groups in total. The number of benzene rings is 1. The number of amides is 1. The SMILES string of the molecule is O=C(c1ccoc1)N1CCCC1c1ccc2c(c1)OCCCO2. The maximum atomic E-state index is 12.6. The fourth-order valence-electron chi connectivity index (χ4n) is 3.30. The van der Waals surface area contributed by atoms with Crippen LogP contribution in [0.1, 0.15) is 41.2 Å². The minimum atomic E-state index is 0.0216. The average Bonchev–Trinajstić information content (AvgIpc) is 3.22. The minimum absolute atomic E-state index is 0.0216. The molecule has 1 aromatic heterocycles. The van der Waals surface area contributed by atoms with Crippen LogP contribution in [0.15, 0.2) is 41.2 Å². The van der Waals surface area contributed by atoms with Gasteiger partial charge in [0, 0.05) is 13.0 Å². The molecule has 5 heteroatoms. The fraction of sp³-hybridized carbons (Fsp3) is 0.389. The first-order valence-electron chi connectivity index (χ1n) is 8.05. The van der Waals surface area contributed by atoms with Gasteiger partial charge in [0.1, 0.15) is 6.26 Å². The summed E-state index contributed by atoms with van der Waals surface area (Å²) in [5.41, 5.74) is 1.70. The molecule has 2 aliphatic rings. The van der Waals surface area contributed by atoms with Crippen LogP contribution in [0.2, 0.25) is 0 Å². The molecule has 1 fully saturated rings. The molecule has 1 saturated heterocycles. The van der Waals surface area contributed by atoms with Crippen LogP contribution in [0.3, 0.4) is 0 Å². The van der Waals surface area contributed by atoms with E-state index in [1.807, 2.05) is 23.1 Å². The van der Waals surface area contributed by atoms with E-state index in [4.69, 9.17) is 13.9 Å². The zero-order chi connectivity index (χ0) is 15.6. The number of carbonyl (C=O) groups excluding carboxylic acids is 1. The van der Waals surface area contributed by atoms with Crippen molar-refractivity contribution in [2.45, 2.75) is 25.3 Å². The molecule has 1 amide bonds. The van der Waals surface area contributed by atoms with Gasteiger partial charge in [-0.25, -0.2) is 0 Å². The molecule has 2 aromatic rings. The fourth-order valence-corrected chi connectivity index (χ4v) is 3.30. The summed E-state index contributed by atoms with van der Waals surface area (Å²) in [6.45, 7) is 2.11. The number of fused-ring (bicyclic) bond motifs is 1. The van der Waals surface area contributed by atoms with E-state index in [0.29, 0.717) is 18.8 Å². The van der Waals surface area contributed by atoms with E-state index in [-0.39, 0.29) is 11.9 Å². The van der Waals surface area contributed by atoms with Crippen LogP contribution in [0.4, 0.5) is 0 Å². The lowest BCUT2D eigenvalue weighted by Gasteiger charge is -2.25. The maximum absolute atomic E-state index is 12.6. The van der Waals surface area contributed by atoms with Gasteiger partial charge in [0.25, 0.3) is 5.91 Å². The van der Waals surface area contributed by atoms with E-state index in [1.54, 1.807) is 6.07 Å². The second-order valence-corrected chi connectivity index (χ2v) is 5.93. The summed E-state index contributed by atoms with van der Waals surface area (Å²) in [6.07, 6.45) is 5.89. The van der Waals surface area contributed by atoms with Gasteiger partial charge in [0.2, 0.25) is 0 Å². The molecule has 0 bridgehead atoms. The van der Waals surface area contributed by atoms with Crippen molar-refractivity contribution in [3.05, 3.63) is 47.9 Å². The number of furan rings is 1. The van der Waals surface area contributed by atoms with Gasteiger partial charge in [-0.3, -0.25) is 4.79 Å². The van der Waals surface area contributed by atoms with Crippen molar-refractivity contribution < 1.29 is 18.7 Å². The Labute approximate surface area is 134 Å². The van der Waals surface area contributed by atoms with Crippen LogP contribution in [0.25, 0.3) is 0 Å². The normalized spacial score (nSPS) is 20.3. The highest BCUT2D eigenvalue weighted by molar-refractivity contribution is 5.94. The summed E-state index contributed by atoms with van der Waals surface area (Å²) in [4.78, 5) is 14.6. The van der Waals surface area contributed by atoms with E-state index in [2.05, 4.69) is 0 Å². The Balaban J connectivity index is 1.61. The predicted octanol–water partition coefficient (Wildman–Crippen LogP) is 3.42. The maximum Gasteiger partial charge on any atom is 0.257 e. The number of nitrogens with zero attached hydrogens (tertiary/aromatic N) is 1. The Kier molecular flexibility index (Phi) is 3.69. The Bertz CT molecular complexity index is 695. The largest absolute Gasteiger partial charge is 0.490 e. The van der Waals surface area contributed by atoms with E-state index in [0.717, 1.165) is 42.9 Å². The van der Waals surface area contributed by atoms with E-state index >= 15 is 0 Å². The van der Waals surface area contributed by atoms with Crippen molar-refractivity contribution in [1.82, 2.24) is 4.90 Å². The van der Waals surface area contributed by atoms with Gasteiger partial charge in [-0.1, -0.05) is 6.07 Å². The lowest BCUT2D eigenvalue weighted by molar-refractivity contribution is 0.0734. The highest BCUT2D eigenvalue weighted by Gasteiger charge is 2.31. The molecule has 5 nitrogen and oxygen atoms in total. The van der Waals surface area contributed by atoms with Crippen LogP contribution in [0, 0.1) is 0 Å². The van der Waals surface area contributed by atoms with Crippen molar-refractivity contribution in [3.8, 4) is 11.5 Å². The molecule has 4 rings (SSSR count). The summed E-state index contributed by atoms with van der Waals surface area (Å²) in [7, 11) is 0. The summed E-state index contributed by atoms with van der Waals surface area (Å²) < 4.78 is 16.5. The molecular weight excluding hydrogens is 294 g/mol. The van der Waals surface area contributed by atoms with E-state index in [9.17, 15) is 4.79 Å². The molecule has 1 aromatic carbocycles. The monoisotopic (exact) mass is 313 g/mol. The lowest BCUT2D eigenvalue weighted by Crippen LogP contribution is -2.30. The van der Waals surface area contributed by atoms with Crippen LogP contribution in [0.5, 0.6) is 11.5 Å². The van der Waals surface area contributed by atoms with Crippen LogP contribution < -0.4 is 9.47 Å². The number of carbonyl (C=O) groups is 1. The Morgan fingerprint density at radius 2 is 1.96 bits per heavy atom. The second kappa shape index (κ2) is 5.99. The zero-order valence-electron chi connectivity index (χ0n) is 12.9. The molecule has 0 radical (unpaired) electrons. The topological polar surface area (TPSA) is 51.9 Å². The molecule has 0 spiro atoms. The van der Waals surface area contributed by atoms with Crippen molar-refractivity contribution in [1.29, 1.82) is 0 Å². The van der Waals surface area contributed by atoms with Gasteiger partial charge in [0.15, 0.2) is 11.5 Å². The van der Waals surface area contributed by atoms with E-state index in [1.165, 1.54) is 12.5 Å². The average molecular weight is 313 g/mol. The highest BCUT2D eigenvalue weighted by atomic mass is 16.5. The quantitative estimate of drug-likeness (QED) is 0.852.